The first-order chi connectivity index (χ1) is 8.49. The lowest BCUT2D eigenvalue weighted by molar-refractivity contribution is -0.137. The van der Waals surface area contributed by atoms with Crippen LogP contribution in [0.3, 0.4) is 0 Å². The Morgan fingerprint density at radius 1 is 1.33 bits per heavy atom. The SMILES string of the molecule is CC1CC(C)N(C(=O)N(CCC(=O)O)C2CC2)C1. The maximum Gasteiger partial charge on any atom is 0.320 e. The second-order valence-corrected chi connectivity index (χ2v) is 5.69. The van der Waals surface area contributed by atoms with Crippen molar-refractivity contribution in [1.82, 2.24) is 9.80 Å². The van der Waals surface area contributed by atoms with Gasteiger partial charge in [0, 0.05) is 25.2 Å². The van der Waals surface area contributed by atoms with Gasteiger partial charge in [0.2, 0.25) is 0 Å². The van der Waals surface area contributed by atoms with E-state index in [9.17, 15) is 9.59 Å². The van der Waals surface area contributed by atoms with Crippen LogP contribution in [-0.2, 0) is 4.79 Å². The first-order valence-corrected chi connectivity index (χ1v) is 6.78. The van der Waals surface area contributed by atoms with Crippen LogP contribution in [0.25, 0.3) is 0 Å². The Bertz CT molecular complexity index is 341. The number of hydrogen-bond acceptors (Lipinski definition) is 2. The van der Waals surface area contributed by atoms with Crippen LogP contribution in [0.5, 0.6) is 0 Å². The van der Waals surface area contributed by atoms with Gasteiger partial charge in [-0.1, -0.05) is 6.92 Å². The van der Waals surface area contributed by atoms with Gasteiger partial charge in [-0.3, -0.25) is 4.79 Å². The number of amides is 2. The van der Waals surface area contributed by atoms with Crippen molar-refractivity contribution in [1.29, 1.82) is 0 Å². The van der Waals surface area contributed by atoms with Gasteiger partial charge in [0.05, 0.1) is 6.42 Å². The second-order valence-electron chi connectivity index (χ2n) is 5.69. The van der Waals surface area contributed by atoms with Crippen LogP contribution in [0.1, 0.15) is 39.5 Å². The van der Waals surface area contributed by atoms with Crippen molar-refractivity contribution >= 4 is 12.0 Å². The summed E-state index contributed by atoms with van der Waals surface area (Å²) in [7, 11) is 0. The van der Waals surface area contributed by atoms with Crippen LogP contribution < -0.4 is 0 Å². The van der Waals surface area contributed by atoms with Gasteiger partial charge in [0.15, 0.2) is 0 Å². The molecule has 1 aliphatic carbocycles. The number of rotatable bonds is 4. The number of carbonyl (C=O) groups is 2. The fraction of sp³-hybridized carbons (Fsp3) is 0.846. The maximum atomic E-state index is 12.5. The van der Waals surface area contributed by atoms with E-state index in [1.54, 1.807) is 4.90 Å². The Morgan fingerprint density at radius 2 is 2.00 bits per heavy atom. The molecule has 2 fully saturated rings. The lowest BCUT2D eigenvalue weighted by atomic mass is 10.1. The smallest absolute Gasteiger partial charge is 0.320 e. The Morgan fingerprint density at radius 3 is 2.44 bits per heavy atom. The van der Waals surface area contributed by atoms with E-state index >= 15 is 0 Å². The molecule has 1 heterocycles. The van der Waals surface area contributed by atoms with Crippen LogP contribution in [-0.4, -0.2) is 52.1 Å². The zero-order chi connectivity index (χ0) is 13.3. The van der Waals surface area contributed by atoms with Crippen molar-refractivity contribution in [3.63, 3.8) is 0 Å². The predicted molar refractivity (Wildman–Crippen MR) is 67.3 cm³/mol. The number of hydrogen-bond donors (Lipinski definition) is 1. The first kappa shape index (κ1) is 13.2. The normalized spacial score (nSPS) is 27.3. The second kappa shape index (κ2) is 5.16. The lowest BCUT2D eigenvalue weighted by Crippen LogP contribution is -2.46. The third-order valence-electron chi connectivity index (χ3n) is 3.83. The van der Waals surface area contributed by atoms with E-state index in [4.69, 9.17) is 5.11 Å². The number of carboxylic acids is 1. The highest BCUT2D eigenvalue weighted by Crippen LogP contribution is 2.31. The summed E-state index contributed by atoms with van der Waals surface area (Å²) in [4.78, 5) is 26.8. The van der Waals surface area contributed by atoms with Gasteiger partial charge in [0.1, 0.15) is 0 Å². The summed E-state index contributed by atoms with van der Waals surface area (Å²) in [6.45, 7) is 5.37. The molecule has 0 aromatic heterocycles. The standard InChI is InChI=1S/C13H22N2O3/c1-9-7-10(2)15(8-9)13(18)14(11-3-4-11)6-5-12(16)17/h9-11H,3-8H2,1-2H3,(H,16,17). The highest BCUT2D eigenvalue weighted by molar-refractivity contribution is 5.76. The highest BCUT2D eigenvalue weighted by atomic mass is 16.4. The monoisotopic (exact) mass is 254 g/mol. The predicted octanol–water partition coefficient (Wildman–Crippen LogP) is 1.78. The van der Waals surface area contributed by atoms with Gasteiger partial charge in [-0.15, -0.1) is 0 Å². The largest absolute Gasteiger partial charge is 0.481 e. The molecule has 1 aliphatic heterocycles. The zero-order valence-electron chi connectivity index (χ0n) is 11.1. The fourth-order valence-electron chi connectivity index (χ4n) is 2.77. The van der Waals surface area contributed by atoms with E-state index in [1.807, 2.05) is 4.90 Å². The summed E-state index contributed by atoms with van der Waals surface area (Å²) in [5, 5.41) is 8.75. The van der Waals surface area contributed by atoms with E-state index < -0.39 is 5.97 Å². The van der Waals surface area contributed by atoms with E-state index in [0.717, 1.165) is 25.8 Å². The number of carboxylic acid groups (broad SMARTS) is 1. The third-order valence-corrected chi connectivity index (χ3v) is 3.83. The van der Waals surface area contributed by atoms with Gasteiger partial charge in [-0.25, -0.2) is 4.79 Å². The molecule has 0 aromatic carbocycles. The molecule has 18 heavy (non-hydrogen) atoms. The van der Waals surface area contributed by atoms with Crippen molar-refractivity contribution in [3.8, 4) is 0 Å². The van der Waals surface area contributed by atoms with Crippen molar-refractivity contribution in [3.05, 3.63) is 0 Å². The first-order valence-electron chi connectivity index (χ1n) is 6.78. The van der Waals surface area contributed by atoms with Gasteiger partial charge in [-0.2, -0.15) is 0 Å². The van der Waals surface area contributed by atoms with E-state index in [1.165, 1.54) is 0 Å². The Balaban J connectivity index is 1.97. The number of likely N-dealkylation sites (tertiary alicyclic amines) is 1. The van der Waals surface area contributed by atoms with Crippen molar-refractivity contribution in [2.24, 2.45) is 5.92 Å². The Hall–Kier alpha value is -1.26. The molecule has 1 saturated carbocycles. The lowest BCUT2D eigenvalue weighted by Gasteiger charge is -2.30. The summed E-state index contributed by atoms with van der Waals surface area (Å²) in [6.07, 6.45) is 3.12. The molecule has 102 valence electrons. The molecular formula is C13H22N2O3. The Labute approximate surface area is 108 Å². The summed E-state index contributed by atoms with van der Waals surface area (Å²) in [6, 6.07) is 0.592. The van der Waals surface area contributed by atoms with Gasteiger partial charge >= 0.3 is 12.0 Å². The molecule has 0 radical (unpaired) electrons. The summed E-state index contributed by atoms with van der Waals surface area (Å²) in [5.41, 5.74) is 0. The molecule has 0 aromatic rings. The van der Waals surface area contributed by atoms with E-state index in [0.29, 0.717) is 12.5 Å². The van der Waals surface area contributed by atoms with Crippen LogP contribution in [0.2, 0.25) is 0 Å². The molecule has 5 heteroatoms. The average Bonchev–Trinajstić information content (AvgIpc) is 3.04. The van der Waals surface area contributed by atoms with Crippen molar-refractivity contribution < 1.29 is 14.7 Å². The molecule has 2 atom stereocenters. The van der Waals surface area contributed by atoms with E-state index in [-0.39, 0.29) is 24.5 Å². The Kier molecular flexibility index (Phi) is 3.78. The fourth-order valence-corrected chi connectivity index (χ4v) is 2.77. The molecule has 0 spiro atoms. The van der Waals surface area contributed by atoms with E-state index in [2.05, 4.69) is 13.8 Å². The zero-order valence-corrected chi connectivity index (χ0v) is 11.1. The molecule has 1 saturated heterocycles. The maximum absolute atomic E-state index is 12.5. The molecule has 0 bridgehead atoms. The molecule has 2 rings (SSSR count). The molecule has 2 amide bonds. The van der Waals surface area contributed by atoms with Gasteiger partial charge in [-0.05, 0) is 32.1 Å². The number of nitrogens with zero attached hydrogens (tertiary/aromatic N) is 2. The number of urea groups is 1. The van der Waals surface area contributed by atoms with Crippen molar-refractivity contribution in [2.75, 3.05) is 13.1 Å². The topological polar surface area (TPSA) is 60.9 Å². The van der Waals surface area contributed by atoms with Gasteiger partial charge in [0.25, 0.3) is 0 Å². The minimum absolute atomic E-state index is 0.0376. The summed E-state index contributed by atoms with van der Waals surface area (Å²) < 4.78 is 0. The average molecular weight is 254 g/mol. The summed E-state index contributed by atoms with van der Waals surface area (Å²) >= 11 is 0. The van der Waals surface area contributed by atoms with Crippen LogP contribution in [0.4, 0.5) is 4.79 Å². The number of aliphatic carboxylic acids is 1. The highest BCUT2D eigenvalue weighted by Gasteiger charge is 2.38. The minimum atomic E-state index is -0.837. The molecule has 2 unspecified atom stereocenters. The summed E-state index contributed by atoms with van der Waals surface area (Å²) in [5.74, 6) is -0.291. The molecule has 5 nitrogen and oxygen atoms in total. The van der Waals surface area contributed by atoms with Gasteiger partial charge < -0.3 is 14.9 Å². The quantitative estimate of drug-likeness (QED) is 0.831. The van der Waals surface area contributed by atoms with Crippen LogP contribution in [0, 0.1) is 5.92 Å². The minimum Gasteiger partial charge on any atom is -0.481 e. The molecular weight excluding hydrogens is 232 g/mol. The number of carbonyl (C=O) groups excluding carboxylic acids is 1. The van der Waals surface area contributed by atoms with Crippen molar-refractivity contribution in [2.45, 2.75) is 51.6 Å². The van der Waals surface area contributed by atoms with Crippen LogP contribution in [0.15, 0.2) is 0 Å². The third kappa shape index (κ3) is 2.94. The van der Waals surface area contributed by atoms with Crippen LogP contribution >= 0.6 is 0 Å². The molecule has 1 N–H and O–H groups in total. The molecule has 2 aliphatic rings.